The SMILES string of the molecule is CC(C1CCCC1)C1CCC2C(O)CCC3(C=O)C4CCC56CCC#Cc7ccccc7CC(NCO)C7CC(CC5(O)C4(O)CC(C1)C23O)C6(CO)C1=CC(=O)OC17. The summed E-state index contributed by atoms with van der Waals surface area (Å²) in [5.74, 6) is 5.01. The Morgan fingerprint density at radius 2 is 1.75 bits per heavy atom. The highest BCUT2D eigenvalue weighted by Gasteiger charge is 2.85. The van der Waals surface area contributed by atoms with Gasteiger partial charge in [-0.15, -0.1) is 0 Å². The van der Waals surface area contributed by atoms with Crippen LogP contribution in [0.2, 0.25) is 0 Å². The first-order valence-corrected chi connectivity index (χ1v) is 23.1. The third kappa shape index (κ3) is 5.13. The Balaban J connectivity index is 1.15. The van der Waals surface area contributed by atoms with E-state index in [0.717, 1.165) is 23.8 Å². The number of benzene rings is 1. The van der Waals surface area contributed by atoms with Gasteiger partial charge in [0.05, 0.1) is 36.1 Å². The molecule has 7 fully saturated rings. The minimum absolute atomic E-state index is 0.0857. The van der Waals surface area contributed by atoms with Gasteiger partial charge in [-0.3, -0.25) is 5.32 Å². The first-order chi connectivity index (χ1) is 28.4. The van der Waals surface area contributed by atoms with Crippen LogP contribution in [0.15, 0.2) is 35.9 Å². The molecule has 320 valence electrons. The summed E-state index contributed by atoms with van der Waals surface area (Å²) in [4.78, 5) is 27.7. The van der Waals surface area contributed by atoms with Gasteiger partial charge in [-0.1, -0.05) is 62.6 Å². The summed E-state index contributed by atoms with van der Waals surface area (Å²) in [5, 5.41) is 79.4. The molecule has 1 aliphatic heterocycles. The second-order valence-electron chi connectivity index (χ2n) is 21.1. The number of carbonyl (C=O) groups is 2. The van der Waals surface area contributed by atoms with Crippen LogP contribution in [0.25, 0.3) is 0 Å². The molecule has 0 aromatic heterocycles. The average Bonchev–Trinajstić information content (AvgIpc) is 3.93. The van der Waals surface area contributed by atoms with E-state index in [4.69, 9.17) is 4.74 Å². The molecule has 1 spiro atoms. The maximum Gasteiger partial charge on any atom is 0.331 e. The van der Waals surface area contributed by atoms with Gasteiger partial charge in [-0.2, -0.15) is 0 Å². The van der Waals surface area contributed by atoms with E-state index >= 15 is 0 Å². The van der Waals surface area contributed by atoms with E-state index in [2.05, 4.69) is 24.1 Å². The van der Waals surface area contributed by atoms with Crippen LogP contribution in [0.3, 0.4) is 0 Å². The smallest absolute Gasteiger partial charge is 0.331 e. The molecule has 0 saturated heterocycles. The third-order valence-electron chi connectivity index (χ3n) is 19.8. The number of aliphatic hydroxyl groups is 6. The predicted molar refractivity (Wildman–Crippen MR) is 218 cm³/mol. The summed E-state index contributed by atoms with van der Waals surface area (Å²) in [6.07, 6.45) is 11.0. The molecule has 7 N–H and O–H groups in total. The fraction of sp³-hybridized carbons (Fsp3) is 0.755. The monoisotopic (exact) mass is 811 g/mol. The molecule has 59 heavy (non-hydrogen) atoms. The molecule has 1 heterocycles. The maximum absolute atomic E-state index is 14.3. The Bertz CT molecular complexity index is 1950. The number of rotatable bonds is 6. The van der Waals surface area contributed by atoms with Crippen molar-refractivity contribution in [3.05, 3.63) is 47.0 Å². The molecule has 10 heteroatoms. The molecule has 10 nitrogen and oxygen atoms in total. The number of aldehydes is 1. The van der Waals surface area contributed by atoms with Crippen molar-refractivity contribution in [3.8, 4) is 11.8 Å². The molecule has 0 amide bonds. The van der Waals surface area contributed by atoms with E-state index in [-0.39, 0.29) is 56.4 Å². The summed E-state index contributed by atoms with van der Waals surface area (Å²) < 4.78 is 6.22. The van der Waals surface area contributed by atoms with Gasteiger partial charge in [0.25, 0.3) is 0 Å². The van der Waals surface area contributed by atoms with Gasteiger partial charge in [0.2, 0.25) is 0 Å². The Labute approximate surface area is 348 Å². The zero-order chi connectivity index (χ0) is 41.2. The highest BCUT2D eigenvalue weighted by molar-refractivity contribution is 5.87. The van der Waals surface area contributed by atoms with Crippen LogP contribution in [-0.4, -0.2) is 91.3 Å². The van der Waals surface area contributed by atoms with Crippen molar-refractivity contribution >= 4 is 12.3 Å². The third-order valence-corrected chi connectivity index (χ3v) is 19.8. The van der Waals surface area contributed by atoms with Crippen LogP contribution in [0.5, 0.6) is 0 Å². The topological polar surface area (TPSA) is 177 Å². The average molecular weight is 812 g/mol. The molecule has 4 bridgehead atoms. The lowest BCUT2D eigenvalue weighted by molar-refractivity contribution is -0.348. The molecule has 1 aromatic rings. The molecule has 1 aromatic carbocycles. The fourth-order valence-corrected chi connectivity index (χ4v) is 17.3. The van der Waals surface area contributed by atoms with Crippen molar-refractivity contribution in [1.29, 1.82) is 0 Å². The van der Waals surface area contributed by atoms with Crippen LogP contribution in [0.1, 0.15) is 121 Å². The van der Waals surface area contributed by atoms with Crippen molar-refractivity contribution < 1.29 is 45.0 Å². The molecule has 9 aliphatic rings. The Morgan fingerprint density at radius 3 is 2.51 bits per heavy atom. The summed E-state index contributed by atoms with van der Waals surface area (Å²) in [5.41, 5.74) is -6.38. The Morgan fingerprint density at radius 1 is 0.949 bits per heavy atom. The summed E-state index contributed by atoms with van der Waals surface area (Å²) in [6, 6.07) is 7.62. The number of hydrogen-bond donors (Lipinski definition) is 7. The van der Waals surface area contributed by atoms with Crippen LogP contribution < -0.4 is 5.32 Å². The van der Waals surface area contributed by atoms with Crippen LogP contribution in [0, 0.1) is 75.4 Å². The fourth-order valence-electron chi connectivity index (χ4n) is 17.3. The highest BCUT2D eigenvalue weighted by atomic mass is 16.5. The lowest BCUT2D eigenvalue weighted by atomic mass is 9.34. The van der Waals surface area contributed by atoms with E-state index < -0.39 is 69.0 Å². The molecular formula is C49H65NO9. The van der Waals surface area contributed by atoms with Crippen LogP contribution in [-0.2, 0) is 20.7 Å². The van der Waals surface area contributed by atoms with Crippen LogP contribution in [0.4, 0.5) is 0 Å². The van der Waals surface area contributed by atoms with Crippen molar-refractivity contribution in [2.45, 2.75) is 151 Å². The second kappa shape index (κ2) is 14.2. The zero-order valence-electron chi connectivity index (χ0n) is 34.7. The molecule has 7 saturated carbocycles. The number of ether oxygens (including phenoxy) is 1. The molecule has 16 atom stereocenters. The van der Waals surface area contributed by atoms with Gasteiger partial charge < -0.3 is 40.2 Å². The summed E-state index contributed by atoms with van der Waals surface area (Å²) in [7, 11) is 0. The van der Waals surface area contributed by atoms with Crippen molar-refractivity contribution in [2.75, 3.05) is 13.3 Å². The Hall–Kier alpha value is -2.62. The number of esters is 1. The minimum Gasteiger partial charge on any atom is -0.454 e. The van der Waals surface area contributed by atoms with Gasteiger partial charge >= 0.3 is 5.97 Å². The van der Waals surface area contributed by atoms with E-state index in [1.165, 1.54) is 25.7 Å². The molecule has 16 unspecified atom stereocenters. The van der Waals surface area contributed by atoms with E-state index in [1.807, 2.05) is 24.3 Å². The Kier molecular flexibility index (Phi) is 9.74. The minimum atomic E-state index is -1.84. The van der Waals surface area contributed by atoms with E-state index in [9.17, 15) is 40.2 Å². The number of hydrogen-bond acceptors (Lipinski definition) is 10. The normalized spacial score (nSPS) is 49.1. The number of carbonyl (C=O) groups excluding carboxylic acids is 2. The number of fused-ring (bicyclic) bond motifs is 7. The first-order valence-electron chi connectivity index (χ1n) is 23.1. The van der Waals surface area contributed by atoms with Gasteiger partial charge in [0.1, 0.15) is 18.0 Å². The maximum atomic E-state index is 14.3. The highest BCUT2D eigenvalue weighted by Crippen LogP contribution is 2.81. The van der Waals surface area contributed by atoms with Crippen molar-refractivity contribution in [2.24, 2.45) is 63.6 Å². The zero-order valence-corrected chi connectivity index (χ0v) is 34.7. The van der Waals surface area contributed by atoms with Gasteiger partial charge in [-0.25, -0.2) is 4.79 Å². The number of nitrogens with one attached hydrogen (secondary N) is 1. The predicted octanol–water partition coefficient (Wildman–Crippen LogP) is 4.34. The molecule has 10 rings (SSSR count). The van der Waals surface area contributed by atoms with Gasteiger partial charge in [0, 0.05) is 52.7 Å². The lowest BCUT2D eigenvalue weighted by Gasteiger charge is -2.72. The quantitative estimate of drug-likeness (QED) is 0.0948. The molecular weight excluding hydrogens is 747 g/mol. The van der Waals surface area contributed by atoms with E-state index in [1.54, 1.807) is 6.08 Å². The first kappa shape index (κ1) is 40.5. The van der Waals surface area contributed by atoms with E-state index in [0.29, 0.717) is 75.2 Å². The van der Waals surface area contributed by atoms with Crippen molar-refractivity contribution in [1.82, 2.24) is 5.32 Å². The molecule has 0 radical (unpaired) electrons. The van der Waals surface area contributed by atoms with Gasteiger partial charge in [0.15, 0.2) is 0 Å². The summed E-state index contributed by atoms with van der Waals surface area (Å²) >= 11 is 0. The second-order valence-corrected chi connectivity index (χ2v) is 21.1. The standard InChI is InChI=1S/C49H65NO9/c1-29(30-8-2-3-9-30)32-13-14-37-40(54)15-18-44(26-51)41-16-19-45-17-7-6-11-31-10-4-5-12-33(31)21-39(50-28-53)36-22-34(46(45,27-52)38-23-42(55)59-43(36)38)25-48(45,57)47(41,56)24-35(20-32)49(37,44)58/h4-5,10,12,23,26,29-30,32,34-37,39-41,43,50,52-54,56-58H,2-3,7-9,13-22,24-25,27-28H2,1H3. The number of aliphatic hydroxyl groups excluding tert-OH is 3. The van der Waals surface area contributed by atoms with Gasteiger partial charge in [-0.05, 0) is 124 Å². The largest absolute Gasteiger partial charge is 0.454 e. The van der Waals surface area contributed by atoms with Crippen molar-refractivity contribution in [3.63, 3.8) is 0 Å². The lowest BCUT2D eigenvalue weighted by Crippen LogP contribution is -2.81. The summed E-state index contributed by atoms with van der Waals surface area (Å²) in [6.45, 7) is 1.68. The van der Waals surface area contributed by atoms with Crippen LogP contribution >= 0.6 is 0 Å². The molecule has 8 aliphatic carbocycles.